The molecule has 1 amide bonds. The number of nitrogens with one attached hydrogen (secondary N) is 1. The van der Waals surface area contributed by atoms with Crippen LogP contribution in [0.3, 0.4) is 0 Å². The van der Waals surface area contributed by atoms with Gasteiger partial charge in [-0.2, -0.15) is 0 Å². The van der Waals surface area contributed by atoms with Crippen molar-refractivity contribution in [3.05, 3.63) is 21.9 Å². The Kier molecular flexibility index (Phi) is 4.23. The second-order valence-corrected chi connectivity index (χ2v) is 4.92. The van der Waals surface area contributed by atoms with Crippen molar-refractivity contribution in [3.8, 4) is 0 Å². The lowest BCUT2D eigenvalue weighted by Crippen LogP contribution is -2.35. The first-order valence-corrected chi connectivity index (χ1v) is 5.92. The Morgan fingerprint density at radius 3 is 2.87 bits per heavy atom. The maximum absolute atomic E-state index is 11.7. The standard InChI is InChI=1S/C10H14N2OS2/c1-6-3-4-15-9(6)10(13)12-7(2)5-8(11)14/h3-4,7H,5H2,1-2H3,(H2,11,14)(H,12,13). The van der Waals surface area contributed by atoms with E-state index in [9.17, 15) is 4.79 Å². The zero-order chi connectivity index (χ0) is 11.4. The fourth-order valence-electron chi connectivity index (χ4n) is 1.25. The molecule has 1 rings (SSSR count). The molecular formula is C10H14N2OS2. The van der Waals surface area contributed by atoms with Crippen molar-refractivity contribution < 1.29 is 4.79 Å². The number of nitrogens with two attached hydrogens (primary N) is 1. The van der Waals surface area contributed by atoms with Crippen molar-refractivity contribution in [1.29, 1.82) is 0 Å². The van der Waals surface area contributed by atoms with Gasteiger partial charge in [0.25, 0.3) is 5.91 Å². The number of thiocarbonyl (C=S) groups is 1. The molecule has 82 valence electrons. The highest BCUT2D eigenvalue weighted by atomic mass is 32.1. The summed E-state index contributed by atoms with van der Waals surface area (Å²) in [5, 5.41) is 4.76. The van der Waals surface area contributed by atoms with Crippen molar-refractivity contribution in [1.82, 2.24) is 5.32 Å². The molecule has 1 heterocycles. The largest absolute Gasteiger partial charge is 0.393 e. The molecule has 15 heavy (non-hydrogen) atoms. The summed E-state index contributed by atoms with van der Waals surface area (Å²) in [5.41, 5.74) is 6.40. The van der Waals surface area contributed by atoms with Crippen molar-refractivity contribution in [2.45, 2.75) is 26.3 Å². The topological polar surface area (TPSA) is 55.1 Å². The Morgan fingerprint density at radius 1 is 1.73 bits per heavy atom. The van der Waals surface area contributed by atoms with E-state index in [2.05, 4.69) is 5.32 Å². The van der Waals surface area contributed by atoms with E-state index in [4.69, 9.17) is 18.0 Å². The van der Waals surface area contributed by atoms with Gasteiger partial charge in [0.1, 0.15) is 0 Å². The highest BCUT2D eigenvalue weighted by Crippen LogP contribution is 2.15. The van der Waals surface area contributed by atoms with Crippen LogP contribution in [0.15, 0.2) is 11.4 Å². The van der Waals surface area contributed by atoms with Gasteiger partial charge in [-0.1, -0.05) is 12.2 Å². The van der Waals surface area contributed by atoms with Gasteiger partial charge in [-0.05, 0) is 30.9 Å². The van der Waals surface area contributed by atoms with Crippen molar-refractivity contribution in [2.75, 3.05) is 0 Å². The van der Waals surface area contributed by atoms with E-state index >= 15 is 0 Å². The number of aryl methyl sites for hydroxylation is 1. The van der Waals surface area contributed by atoms with Gasteiger partial charge in [-0.15, -0.1) is 11.3 Å². The van der Waals surface area contributed by atoms with Crippen LogP contribution in [0.2, 0.25) is 0 Å². The van der Waals surface area contributed by atoms with Gasteiger partial charge in [0.05, 0.1) is 9.87 Å². The molecular weight excluding hydrogens is 228 g/mol. The normalized spacial score (nSPS) is 12.1. The third-order valence-corrected chi connectivity index (χ3v) is 3.14. The van der Waals surface area contributed by atoms with Crippen LogP contribution in [0.4, 0.5) is 0 Å². The van der Waals surface area contributed by atoms with Crippen LogP contribution in [0.5, 0.6) is 0 Å². The van der Waals surface area contributed by atoms with Crippen molar-refractivity contribution in [2.24, 2.45) is 5.73 Å². The van der Waals surface area contributed by atoms with Gasteiger partial charge >= 0.3 is 0 Å². The SMILES string of the molecule is Cc1ccsc1C(=O)NC(C)CC(N)=S. The molecule has 1 atom stereocenters. The summed E-state index contributed by atoms with van der Waals surface area (Å²) in [5.74, 6) is -0.0498. The summed E-state index contributed by atoms with van der Waals surface area (Å²) in [6.07, 6.45) is 0.533. The van der Waals surface area contributed by atoms with Crippen LogP contribution in [-0.2, 0) is 0 Å². The van der Waals surface area contributed by atoms with E-state index in [0.29, 0.717) is 11.4 Å². The van der Waals surface area contributed by atoms with E-state index in [1.165, 1.54) is 11.3 Å². The van der Waals surface area contributed by atoms with Gasteiger partial charge in [0, 0.05) is 12.5 Å². The third kappa shape index (κ3) is 3.60. The number of thiophene rings is 1. The van der Waals surface area contributed by atoms with Gasteiger partial charge in [-0.3, -0.25) is 4.79 Å². The molecule has 1 unspecified atom stereocenters. The lowest BCUT2D eigenvalue weighted by atomic mass is 10.2. The third-order valence-electron chi connectivity index (χ3n) is 1.95. The second kappa shape index (κ2) is 5.23. The Morgan fingerprint density at radius 2 is 2.40 bits per heavy atom. The summed E-state index contributed by atoms with van der Waals surface area (Å²) >= 11 is 6.22. The van der Waals surface area contributed by atoms with Crippen LogP contribution in [0.25, 0.3) is 0 Å². The first kappa shape index (κ1) is 12.1. The van der Waals surface area contributed by atoms with Crippen LogP contribution in [0, 0.1) is 6.92 Å². The van der Waals surface area contributed by atoms with Crippen LogP contribution < -0.4 is 11.1 Å². The lowest BCUT2D eigenvalue weighted by Gasteiger charge is -2.12. The van der Waals surface area contributed by atoms with E-state index < -0.39 is 0 Å². The minimum Gasteiger partial charge on any atom is -0.393 e. The zero-order valence-corrected chi connectivity index (χ0v) is 10.4. The molecule has 0 aliphatic heterocycles. The van der Waals surface area contributed by atoms with E-state index in [0.717, 1.165) is 10.4 Å². The highest BCUT2D eigenvalue weighted by molar-refractivity contribution is 7.80. The molecule has 3 N–H and O–H groups in total. The van der Waals surface area contributed by atoms with Crippen LogP contribution in [0.1, 0.15) is 28.6 Å². The first-order chi connectivity index (χ1) is 7.00. The predicted molar refractivity (Wildman–Crippen MR) is 67.4 cm³/mol. The van der Waals surface area contributed by atoms with Crippen molar-refractivity contribution in [3.63, 3.8) is 0 Å². The molecule has 0 aliphatic rings. The number of carbonyl (C=O) groups excluding carboxylic acids is 1. The number of hydrogen-bond donors (Lipinski definition) is 2. The molecule has 0 fully saturated rings. The molecule has 5 heteroatoms. The molecule has 0 saturated heterocycles. The number of hydrogen-bond acceptors (Lipinski definition) is 3. The fraction of sp³-hybridized carbons (Fsp3) is 0.400. The summed E-state index contributed by atoms with van der Waals surface area (Å²) in [6.45, 7) is 3.81. The Hall–Kier alpha value is -0.940. The van der Waals surface area contributed by atoms with Gasteiger partial charge in [0.15, 0.2) is 0 Å². The molecule has 0 aromatic carbocycles. The molecule has 1 aromatic heterocycles. The molecule has 0 spiro atoms. The van der Waals surface area contributed by atoms with Crippen molar-refractivity contribution >= 4 is 34.5 Å². The predicted octanol–water partition coefficient (Wildman–Crippen LogP) is 1.85. The smallest absolute Gasteiger partial charge is 0.261 e. The molecule has 0 saturated carbocycles. The zero-order valence-electron chi connectivity index (χ0n) is 8.74. The molecule has 1 aromatic rings. The maximum atomic E-state index is 11.7. The lowest BCUT2D eigenvalue weighted by molar-refractivity contribution is 0.0945. The highest BCUT2D eigenvalue weighted by Gasteiger charge is 2.13. The van der Waals surface area contributed by atoms with Gasteiger partial charge in [0.2, 0.25) is 0 Å². The average molecular weight is 242 g/mol. The van der Waals surface area contributed by atoms with Crippen LogP contribution in [-0.4, -0.2) is 16.9 Å². The second-order valence-electron chi connectivity index (χ2n) is 3.48. The minimum absolute atomic E-state index is 0.0171. The van der Waals surface area contributed by atoms with Gasteiger partial charge < -0.3 is 11.1 Å². The first-order valence-electron chi connectivity index (χ1n) is 4.64. The molecule has 0 bridgehead atoms. The Bertz CT molecular complexity index is 373. The van der Waals surface area contributed by atoms with E-state index in [1.807, 2.05) is 25.3 Å². The quantitative estimate of drug-likeness (QED) is 0.792. The summed E-state index contributed by atoms with van der Waals surface area (Å²) < 4.78 is 0. The van der Waals surface area contributed by atoms with E-state index in [-0.39, 0.29) is 11.9 Å². The summed E-state index contributed by atoms with van der Waals surface area (Å²) in [7, 11) is 0. The molecule has 0 radical (unpaired) electrons. The Labute approximate surface area is 98.7 Å². The van der Waals surface area contributed by atoms with Crippen LogP contribution >= 0.6 is 23.6 Å². The average Bonchev–Trinajstić information content (AvgIpc) is 2.49. The number of amides is 1. The fourth-order valence-corrected chi connectivity index (χ4v) is 2.33. The minimum atomic E-state index is -0.0498. The number of rotatable bonds is 4. The maximum Gasteiger partial charge on any atom is 0.261 e. The van der Waals surface area contributed by atoms with Gasteiger partial charge in [-0.25, -0.2) is 0 Å². The molecule has 0 aliphatic carbocycles. The molecule has 3 nitrogen and oxygen atoms in total. The van der Waals surface area contributed by atoms with E-state index in [1.54, 1.807) is 0 Å². The Balaban J connectivity index is 2.56. The summed E-state index contributed by atoms with van der Waals surface area (Å²) in [6, 6.07) is 1.91. The summed E-state index contributed by atoms with van der Waals surface area (Å²) in [4.78, 5) is 12.9. The monoisotopic (exact) mass is 242 g/mol. The number of carbonyl (C=O) groups is 1.